The van der Waals surface area contributed by atoms with E-state index in [-0.39, 0.29) is 6.54 Å². The zero-order valence-corrected chi connectivity index (χ0v) is 6.07. The quantitative estimate of drug-likeness (QED) is 0.490. The van der Waals surface area contributed by atoms with Crippen LogP contribution in [0.3, 0.4) is 0 Å². The Bertz CT molecular complexity index is 96.2. The van der Waals surface area contributed by atoms with E-state index in [1.54, 1.807) is 0 Å². The van der Waals surface area contributed by atoms with E-state index in [0.29, 0.717) is 6.61 Å². The fraction of sp³-hybridized carbons (Fsp3) is 1.00. The highest BCUT2D eigenvalue weighted by atomic mass is 19.4. The number of alkyl halides is 3. The van der Waals surface area contributed by atoms with Crippen molar-refractivity contribution in [3.8, 4) is 0 Å². The molecule has 0 atom stereocenters. The van der Waals surface area contributed by atoms with Gasteiger partial charge in [0.05, 0.1) is 6.61 Å². The zero-order chi connectivity index (χ0) is 8.74. The molecule has 0 aliphatic carbocycles. The Labute approximate surface area is 62.4 Å². The van der Waals surface area contributed by atoms with E-state index in [1.165, 1.54) is 7.11 Å². The van der Waals surface area contributed by atoms with E-state index >= 15 is 0 Å². The van der Waals surface area contributed by atoms with Gasteiger partial charge < -0.3 is 4.74 Å². The summed E-state index contributed by atoms with van der Waals surface area (Å²) in [5.41, 5.74) is 2.10. The molecule has 0 saturated carbocycles. The Balaban J connectivity index is 3.02. The average molecular weight is 173 g/mol. The van der Waals surface area contributed by atoms with E-state index < -0.39 is 12.8 Å². The van der Waals surface area contributed by atoms with Crippen LogP contribution >= 0.6 is 0 Å². The van der Waals surface area contributed by atoms with Crippen LogP contribution in [-0.2, 0) is 9.57 Å². The maximum atomic E-state index is 11.4. The number of nitrogens with one attached hydrogen (secondary N) is 1. The molecule has 0 aliphatic heterocycles. The molecule has 3 nitrogen and oxygen atoms in total. The first-order chi connectivity index (χ1) is 5.06. The van der Waals surface area contributed by atoms with Crippen LogP contribution in [0.15, 0.2) is 0 Å². The predicted molar refractivity (Wildman–Crippen MR) is 31.9 cm³/mol. The highest BCUT2D eigenvalue weighted by Crippen LogP contribution is 2.13. The topological polar surface area (TPSA) is 30.5 Å². The fourth-order valence-corrected chi connectivity index (χ4v) is 0.349. The summed E-state index contributed by atoms with van der Waals surface area (Å²) in [5.74, 6) is 0. The minimum atomic E-state index is -4.28. The van der Waals surface area contributed by atoms with Crippen LogP contribution in [0.1, 0.15) is 0 Å². The Kier molecular flexibility index (Phi) is 5.18. The second kappa shape index (κ2) is 5.34. The first kappa shape index (κ1) is 10.7. The smallest absolute Gasteiger partial charge is 0.383 e. The lowest BCUT2D eigenvalue weighted by Crippen LogP contribution is -2.26. The highest BCUT2D eigenvalue weighted by Gasteiger charge is 2.27. The van der Waals surface area contributed by atoms with Gasteiger partial charge in [-0.3, -0.25) is 4.84 Å². The van der Waals surface area contributed by atoms with Gasteiger partial charge in [-0.2, -0.15) is 18.7 Å². The zero-order valence-electron chi connectivity index (χ0n) is 6.07. The summed E-state index contributed by atoms with van der Waals surface area (Å²) in [5, 5.41) is 0. The number of hydrogen-bond acceptors (Lipinski definition) is 3. The first-order valence-electron chi connectivity index (χ1n) is 2.96. The standard InChI is InChI=1S/C5H10F3NO2/c1-10-3-2-9-11-4-5(6,7)8/h9H,2-4H2,1H3. The maximum Gasteiger partial charge on any atom is 0.413 e. The molecule has 0 spiro atoms. The van der Waals surface area contributed by atoms with Crippen molar-refractivity contribution < 1.29 is 22.7 Å². The molecule has 1 N–H and O–H groups in total. The fourth-order valence-electron chi connectivity index (χ4n) is 0.349. The number of methoxy groups -OCH3 is 1. The lowest BCUT2D eigenvalue weighted by Gasteiger charge is -2.07. The molecule has 0 aromatic carbocycles. The van der Waals surface area contributed by atoms with Crippen LogP contribution in [0.2, 0.25) is 0 Å². The first-order valence-corrected chi connectivity index (χ1v) is 2.96. The van der Waals surface area contributed by atoms with Crippen molar-refractivity contribution in [2.45, 2.75) is 6.18 Å². The largest absolute Gasteiger partial charge is 0.413 e. The van der Waals surface area contributed by atoms with Crippen molar-refractivity contribution in [1.82, 2.24) is 5.48 Å². The van der Waals surface area contributed by atoms with Gasteiger partial charge in [-0.25, -0.2) is 0 Å². The van der Waals surface area contributed by atoms with Crippen LogP contribution in [0.25, 0.3) is 0 Å². The second-order valence-corrected chi connectivity index (χ2v) is 1.79. The van der Waals surface area contributed by atoms with Crippen LogP contribution in [0, 0.1) is 0 Å². The molecule has 6 heteroatoms. The van der Waals surface area contributed by atoms with Crippen LogP contribution in [0.4, 0.5) is 13.2 Å². The number of rotatable bonds is 5. The van der Waals surface area contributed by atoms with E-state index in [2.05, 4.69) is 15.1 Å². The second-order valence-electron chi connectivity index (χ2n) is 1.79. The predicted octanol–water partition coefficient (Wildman–Crippen LogP) is 0.716. The highest BCUT2D eigenvalue weighted by molar-refractivity contribution is 4.43. The molecule has 0 bridgehead atoms. The normalized spacial score (nSPS) is 12.0. The molecule has 0 aromatic rings. The maximum absolute atomic E-state index is 11.4. The molecule has 0 heterocycles. The third-order valence-electron chi connectivity index (χ3n) is 0.746. The van der Waals surface area contributed by atoms with Gasteiger partial charge in [0, 0.05) is 13.7 Å². The van der Waals surface area contributed by atoms with E-state index in [4.69, 9.17) is 0 Å². The van der Waals surface area contributed by atoms with Crippen molar-refractivity contribution >= 4 is 0 Å². The van der Waals surface area contributed by atoms with E-state index in [1.807, 2.05) is 0 Å². The van der Waals surface area contributed by atoms with Gasteiger partial charge in [-0.15, -0.1) is 0 Å². The summed E-state index contributed by atoms with van der Waals surface area (Å²) in [6.45, 7) is -0.721. The molecule has 0 rings (SSSR count). The minimum Gasteiger partial charge on any atom is -0.383 e. The summed E-state index contributed by atoms with van der Waals surface area (Å²) in [6, 6.07) is 0. The lowest BCUT2D eigenvalue weighted by atomic mass is 10.7. The third kappa shape index (κ3) is 9.67. The van der Waals surface area contributed by atoms with Gasteiger partial charge in [-0.05, 0) is 0 Å². The Hall–Kier alpha value is -0.330. The summed E-state index contributed by atoms with van der Waals surface area (Å²) in [6.07, 6.45) is -4.28. The molecule has 68 valence electrons. The summed E-state index contributed by atoms with van der Waals surface area (Å²) in [7, 11) is 1.45. The molecule has 0 amide bonds. The minimum absolute atomic E-state index is 0.243. The van der Waals surface area contributed by atoms with Gasteiger partial charge in [-0.1, -0.05) is 0 Å². The molecule has 11 heavy (non-hydrogen) atoms. The lowest BCUT2D eigenvalue weighted by molar-refractivity contribution is -0.190. The van der Waals surface area contributed by atoms with Gasteiger partial charge in [0.2, 0.25) is 0 Å². The Morgan fingerprint density at radius 1 is 1.36 bits per heavy atom. The summed E-state index contributed by atoms with van der Waals surface area (Å²) >= 11 is 0. The van der Waals surface area contributed by atoms with Crippen molar-refractivity contribution in [2.75, 3.05) is 26.9 Å². The average Bonchev–Trinajstić information content (AvgIpc) is 1.85. The SMILES string of the molecule is COCCNOCC(F)(F)F. The monoisotopic (exact) mass is 173 g/mol. The molecule has 0 radical (unpaired) electrons. The summed E-state index contributed by atoms with van der Waals surface area (Å²) < 4.78 is 38.7. The van der Waals surface area contributed by atoms with Gasteiger partial charge >= 0.3 is 6.18 Å². The van der Waals surface area contributed by atoms with E-state index in [0.717, 1.165) is 0 Å². The molecular formula is C5H10F3NO2. The van der Waals surface area contributed by atoms with Crippen LogP contribution < -0.4 is 5.48 Å². The number of hydrogen-bond donors (Lipinski definition) is 1. The summed E-state index contributed by atoms with van der Waals surface area (Å²) in [4.78, 5) is 4.05. The number of hydroxylamine groups is 1. The van der Waals surface area contributed by atoms with E-state index in [9.17, 15) is 13.2 Å². The molecule has 0 fully saturated rings. The van der Waals surface area contributed by atoms with Gasteiger partial charge in [0.1, 0.15) is 0 Å². The molecule has 0 unspecified atom stereocenters. The molecular weight excluding hydrogens is 163 g/mol. The molecule has 0 aliphatic rings. The number of halogens is 3. The van der Waals surface area contributed by atoms with Crippen LogP contribution in [-0.4, -0.2) is 33.0 Å². The van der Waals surface area contributed by atoms with Crippen molar-refractivity contribution in [1.29, 1.82) is 0 Å². The Morgan fingerprint density at radius 2 is 2.00 bits per heavy atom. The van der Waals surface area contributed by atoms with Crippen molar-refractivity contribution in [3.05, 3.63) is 0 Å². The molecule has 0 aromatic heterocycles. The van der Waals surface area contributed by atoms with Crippen LogP contribution in [0.5, 0.6) is 0 Å². The molecule has 0 saturated heterocycles. The van der Waals surface area contributed by atoms with Crippen molar-refractivity contribution in [2.24, 2.45) is 0 Å². The Morgan fingerprint density at radius 3 is 2.45 bits per heavy atom. The van der Waals surface area contributed by atoms with Gasteiger partial charge in [0.25, 0.3) is 0 Å². The third-order valence-corrected chi connectivity index (χ3v) is 0.746. The number of ether oxygens (including phenoxy) is 1. The van der Waals surface area contributed by atoms with Crippen molar-refractivity contribution in [3.63, 3.8) is 0 Å². The van der Waals surface area contributed by atoms with Gasteiger partial charge in [0.15, 0.2) is 6.61 Å².